The summed E-state index contributed by atoms with van der Waals surface area (Å²) >= 11 is 1.47. The molecule has 120 valence electrons. The number of nitrogens with zero attached hydrogens (tertiary/aromatic N) is 1. The Morgan fingerprint density at radius 2 is 2.22 bits per heavy atom. The van der Waals surface area contributed by atoms with Gasteiger partial charge in [0.2, 0.25) is 0 Å². The van der Waals surface area contributed by atoms with Crippen LogP contribution in [0.3, 0.4) is 0 Å². The van der Waals surface area contributed by atoms with E-state index < -0.39 is 5.97 Å². The molecular formula is C17H18N2O3S. The van der Waals surface area contributed by atoms with Crippen LogP contribution in [0.2, 0.25) is 0 Å². The minimum atomic E-state index is -0.395. The molecule has 2 aromatic rings. The molecule has 0 bridgehead atoms. The third kappa shape index (κ3) is 3.12. The van der Waals surface area contributed by atoms with Gasteiger partial charge in [-0.05, 0) is 42.9 Å². The number of fused-ring (bicyclic) bond motifs is 1. The maximum Gasteiger partial charge on any atom is 0.341 e. The van der Waals surface area contributed by atoms with E-state index in [1.807, 2.05) is 0 Å². The second-order valence-electron chi connectivity index (χ2n) is 5.72. The minimum Gasteiger partial charge on any atom is -0.465 e. The number of carbonyl (C=O) groups excluding carboxylic acids is 2. The van der Waals surface area contributed by atoms with Gasteiger partial charge in [0.05, 0.1) is 12.7 Å². The Kier molecular flexibility index (Phi) is 4.43. The highest BCUT2D eigenvalue weighted by Gasteiger charge is 2.29. The average molecular weight is 330 g/mol. The van der Waals surface area contributed by atoms with Crippen LogP contribution in [-0.4, -0.2) is 24.0 Å². The van der Waals surface area contributed by atoms with Crippen molar-refractivity contribution in [2.45, 2.75) is 26.2 Å². The minimum absolute atomic E-state index is 0.317. The smallest absolute Gasteiger partial charge is 0.341 e. The largest absolute Gasteiger partial charge is 0.465 e. The van der Waals surface area contributed by atoms with Crippen molar-refractivity contribution in [3.05, 3.63) is 46.1 Å². The Bertz CT molecular complexity index is 740. The molecule has 3 rings (SSSR count). The van der Waals surface area contributed by atoms with E-state index >= 15 is 0 Å². The van der Waals surface area contributed by atoms with Gasteiger partial charge in [0, 0.05) is 11.1 Å². The Morgan fingerprint density at radius 1 is 1.39 bits per heavy atom. The average Bonchev–Trinajstić information content (AvgIpc) is 2.91. The number of aromatic nitrogens is 1. The molecule has 0 spiro atoms. The van der Waals surface area contributed by atoms with Gasteiger partial charge in [-0.25, -0.2) is 4.79 Å². The topological polar surface area (TPSA) is 68.3 Å². The lowest BCUT2D eigenvalue weighted by molar-refractivity contribution is 0.0601. The van der Waals surface area contributed by atoms with Crippen LogP contribution >= 0.6 is 11.3 Å². The molecule has 1 unspecified atom stereocenters. The Hall–Kier alpha value is -2.21. The summed E-state index contributed by atoms with van der Waals surface area (Å²) in [4.78, 5) is 29.7. The first kappa shape index (κ1) is 15.7. The van der Waals surface area contributed by atoms with Gasteiger partial charge in [0.25, 0.3) is 5.91 Å². The zero-order valence-electron chi connectivity index (χ0n) is 13.1. The molecule has 6 heteroatoms. The van der Waals surface area contributed by atoms with E-state index in [0.717, 1.165) is 24.8 Å². The summed E-state index contributed by atoms with van der Waals surface area (Å²) in [6.07, 6.45) is 4.39. The van der Waals surface area contributed by atoms with Crippen molar-refractivity contribution in [3.63, 3.8) is 0 Å². The number of hydrogen-bond donors (Lipinski definition) is 1. The fourth-order valence-corrected chi connectivity index (χ4v) is 4.21. The van der Waals surface area contributed by atoms with Crippen LogP contribution in [-0.2, 0) is 17.6 Å². The molecule has 1 aliphatic carbocycles. The van der Waals surface area contributed by atoms with E-state index in [1.165, 1.54) is 23.3 Å². The maximum absolute atomic E-state index is 12.3. The Labute approximate surface area is 138 Å². The number of amides is 1. The van der Waals surface area contributed by atoms with E-state index in [-0.39, 0.29) is 5.91 Å². The van der Waals surface area contributed by atoms with Crippen molar-refractivity contribution in [2.75, 3.05) is 12.4 Å². The Morgan fingerprint density at radius 3 is 2.91 bits per heavy atom. The summed E-state index contributed by atoms with van der Waals surface area (Å²) in [7, 11) is 1.36. The summed E-state index contributed by atoms with van der Waals surface area (Å²) < 4.78 is 4.92. The summed E-state index contributed by atoms with van der Waals surface area (Å²) in [5.74, 6) is -0.123. The molecular weight excluding hydrogens is 312 g/mol. The van der Waals surface area contributed by atoms with Gasteiger partial charge >= 0.3 is 5.97 Å². The summed E-state index contributed by atoms with van der Waals surface area (Å²) in [5, 5.41) is 3.39. The predicted molar refractivity (Wildman–Crippen MR) is 89.0 cm³/mol. The fraction of sp³-hybridized carbons (Fsp3) is 0.353. The number of ether oxygens (including phenoxy) is 1. The molecule has 2 aromatic heterocycles. The van der Waals surface area contributed by atoms with Gasteiger partial charge in [-0.3, -0.25) is 9.78 Å². The number of nitrogens with one attached hydrogen (secondary N) is 1. The monoisotopic (exact) mass is 330 g/mol. The molecule has 0 aliphatic heterocycles. The SMILES string of the molecule is COC(=O)c1c(NC(=O)c2ccccn2)sc2c1CCC(C)C2. The van der Waals surface area contributed by atoms with E-state index in [9.17, 15) is 9.59 Å². The lowest BCUT2D eigenvalue weighted by Gasteiger charge is -2.18. The highest BCUT2D eigenvalue weighted by molar-refractivity contribution is 7.17. The van der Waals surface area contributed by atoms with Crippen LogP contribution in [0.5, 0.6) is 0 Å². The maximum atomic E-state index is 12.3. The first-order chi connectivity index (χ1) is 11.1. The molecule has 0 radical (unpaired) electrons. The van der Waals surface area contributed by atoms with Crippen molar-refractivity contribution in [3.8, 4) is 0 Å². The van der Waals surface area contributed by atoms with E-state index in [4.69, 9.17) is 4.74 Å². The van der Waals surface area contributed by atoms with Crippen LogP contribution in [0.4, 0.5) is 5.00 Å². The number of pyridine rings is 1. The Balaban J connectivity index is 1.95. The third-order valence-electron chi connectivity index (χ3n) is 4.03. The van der Waals surface area contributed by atoms with E-state index in [1.54, 1.807) is 24.4 Å². The fourth-order valence-electron chi connectivity index (χ4n) is 2.82. The predicted octanol–water partition coefficient (Wildman–Crippen LogP) is 3.31. The van der Waals surface area contributed by atoms with Gasteiger partial charge in [-0.1, -0.05) is 13.0 Å². The summed E-state index contributed by atoms with van der Waals surface area (Å²) in [5.41, 5.74) is 1.85. The molecule has 0 saturated carbocycles. The normalized spacial score (nSPS) is 16.5. The first-order valence-electron chi connectivity index (χ1n) is 7.55. The molecule has 2 heterocycles. The zero-order chi connectivity index (χ0) is 16.4. The van der Waals surface area contributed by atoms with Gasteiger partial charge in [0.15, 0.2) is 0 Å². The molecule has 5 nitrogen and oxygen atoms in total. The summed E-state index contributed by atoms with van der Waals surface area (Å²) in [6, 6.07) is 5.15. The van der Waals surface area contributed by atoms with Crippen LogP contribution in [0, 0.1) is 5.92 Å². The third-order valence-corrected chi connectivity index (χ3v) is 5.20. The van der Waals surface area contributed by atoms with Crippen LogP contribution in [0.1, 0.15) is 44.6 Å². The number of anilines is 1. The highest BCUT2D eigenvalue weighted by Crippen LogP contribution is 2.40. The molecule has 1 aliphatic rings. The lowest BCUT2D eigenvalue weighted by atomic mass is 9.88. The highest BCUT2D eigenvalue weighted by atomic mass is 32.1. The lowest BCUT2D eigenvalue weighted by Crippen LogP contribution is -2.16. The van der Waals surface area contributed by atoms with Crippen molar-refractivity contribution >= 4 is 28.2 Å². The molecule has 0 saturated heterocycles. The van der Waals surface area contributed by atoms with Crippen molar-refractivity contribution in [2.24, 2.45) is 5.92 Å². The number of carbonyl (C=O) groups is 2. The molecule has 0 fully saturated rings. The first-order valence-corrected chi connectivity index (χ1v) is 8.37. The molecule has 1 atom stereocenters. The van der Waals surface area contributed by atoms with Crippen molar-refractivity contribution in [1.29, 1.82) is 0 Å². The number of methoxy groups -OCH3 is 1. The number of esters is 1. The van der Waals surface area contributed by atoms with Crippen LogP contribution in [0.15, 0.2) is 24.4 Å². The van der Waals surface area contributed by atoms with Gasteiger partial charge in [-0.15, -0.1) is 11.3 Å². The van der Waals surface area contributed by atoms with Crippen molar-refractivity contribution < 1.29 is 14.3 Å². The number of hydrogen-bond acceptors (Lipinski definition) is 5. The molecule has 1 amide bonds. The van der Waals surface area contributed by atoms with Crippen molar-refractivity contribution in [1.82, 2.24) is 4.98 Å². The second-order valence-corrected chi connectivity index (χ2v) is 6.82. The van der Waals surface area contributed by atoms with Gasteiger partial charge < -0.3 is 10.1 Å². The second kappa shape index (κ2) is 6.50. The van der Waals surface area contributed by atoms with Gasteiger partial charge in [-0.2, -0.15) is 0 Å². The van der Waals surface area contributed by atoms with Crippen LogP contribution in [0.25, 0.3) is 0 Å². The van der Waals surface area contributed by atoms with E-state index in [2.05, 4.69) is 17.2 Å². The standard InChI is InChI=1S/C17H18N2O3S/c1-10-6-7-11-13(9-10)23-16(14(11)17(21)22-2)19-15(20)12-5-3-4-8-18-12/h3-5,8,10H,6-7,9H2,1-2H3,(H,19,20). The number of thiophene rings is 1. The van der Waals surface area contributed by atoms with E-state index in [0.29, 0.717) is 22.2 Å². The zero-order valence-corrected chi connectivity index (χ0v) is 13.9. The molecule has 23 heavy (non-hydrogen) atoms. The number of rotatable bonds is 3. The van der Waals surface area contributed by atoms with Crippen LogP contribution < -0.4 is 5.32 Å². The van der Waals surface area contributed by atoms with Gasteiger partial charge in [0.1, 0.15) is 10.7 Å². The molecule has 0 aromatic carbocycles. The quantitative estimate of drug-likeness (QED) is 0.877. The summed E-state index contributed by atoms with van der Waals surface area (Å²) in [6.45, 7) is 2.20. The molecule has 1 N–H and O–H groups in total.